The molecule has 0 saturated carbocycles. The van der Waals surface area contributed by atoms with Crippen LogP contribution in [-0.4, -0.2) is 28.6 Å². The number of ether oxygens (including phenoxy) is 1. The molecule has 1 N–H and O–H groups in total. The van der Waals surface area contributed by atoms with Crippen molar-refractivity contribution in [1.29, 1.82) is 0 Å². The third-order valence-corrected chi connectivity index (χ3v) is 4.89. The second kappa shape index (κ2) is 7.04. The number of likely N-dealkylation sites (tertiary alicyclic amines) is 1. The molecular weight excluding hydrogens is 338 g/mol. The second-order valence-corrected chi connectivity index (χ2v) is 6.91. The first-order valence-corrected chi connectivity index (χ1v) is 8.80. The number of halogens is 1. The Morgan fingerprint density at radius 1 is 1.20 bits per heavy atom. The maximum absolute atomic E-state index is 5.95. The molecule has 2 aromatic rings. The van der Waals surface area contributed by atoms with E-state index in [-0.39, 0.29) is 5.60 Å². The minimum atomic E-state index is -0.284. The Balaban J connectivity index is 1.34. The lowest BCUT2D eigenvalue weighted by atomic mass is 9.91. The molecule has 1 aromatic carbocycles. The number of hydroxylamine groups is 1. The normalized spacial score (nSPS) is 19.5. The van der Waals surface area contributed by atoms with Gasteiger partial charge in [-0.25, -0.2) is 5.48 Å². The average molecular weight is 358 g/mol. The number of nitrogens with one attached hydrogen (secondary N) is 1. The van der Waals surface area contributed by atoms with E-state index in [1.165, 1.54) is 5.56 Å². The van der Waals surface area contributed by atoms with Crippen LogP contribution in [0.2, 0.25) is 5.02 Å². The van der Waals surface area contributed by atoms with Gasteiger partial charge in [0, 0.05) is 36.9 Å². The van der Waals surface area contributed by atoms with Crippen LogP contribution in [0.15, 0.2) is 60.8 Å². The minimum absolute atomic E-state index is 0.284. The quantitative estimate of drug-likeness (QED) is 0.907. The summed E-state index contributed by atoms with van der Waals surface area (Å²) >= 11 is 5.95. The van der Waals surface area contributed by atoms with Crippen LogP contribution in [0.1, 0.15) is 18.4 Å². The third-order valence-electron chi connectivity index (χ3n) is 4.63. The number of hydrogen-bond acceptors (Lipinski definition) is 5. The molecule has 0 bridgehead atoms. The van der Waals surface area contributed by atoms with Gasteiger partial charge < -0.3 is 4.74 Å². The molecule has 2 aliphatic rings. The summed E-state index contributed by atoms with van der Waals surface area (Å²) in [5.74, 6) is 1.33. The fourth-order valence-electron chi connectivity index (χ4n) is 3.22. The molecular formula is C19H20ClN3O2. The van der Waals surface area contributed by atoms with E-state index < -0.39 is 0 Å². The molecule has 1 fully saturated rings. The smallest absolute Gasteiger partial charge is 0.216 e. The summed E-state index contributed by atoms with van der Waals surface area (Å²) in [6.45, 7) is 2.88. The van der Waals surface area contributed by atoms with Crippen molar-refractivity contribution in [3.8, 4) is 5.75 Å². The number of aromatic nitrogens is 1. The topological polar surface area (TPSA) is 46.6 Å². The van der Waals surface area contributed by atoms with Gasteiger partial charge in [-0.1, -0.05) is 23.7 Å². The lowest BCUT2D eigenvalue weighted by molar-refractivity contribution is -0.0801. The van der Waals surface area contributed by atoms with Gasteiger partial charge in [0.1, 0.15) is 11.4 Å². The number of nitrogens with zero attached hydrogens (tertiary/aromatic N) is 2. The van der Waals surface area contributed by atoms with Gasteiger partial charge in [-0.3, -0.25) is 14.7 Å². The van der Waals surface area contributed by atoms with Crippen LogP contribution in [0.5, 0.6) is 5.75 Å². The van der Waals surface area contributed by atoms with Gasteiger partial charge in [0.05, 0.1) is 6.20 Å². The van der Waals surface area contributed by atoms with Crippen molar-refractivity contribution >= 4 is 11.6 Å². The molecule has 1 spiro atoms. The SMILES string of the molecule is Clc1ccc(CN2CCC3(C=C(Oc4cccnc4)NO3)CC2)cc1. The zero-order chi connectivity index (χ0) is 17.1. The van der Waals surface area contributed by atoms with E-state index in [0.717, 1.165) is 37.5 Å². The van der Waals surface area contributed by atoms with Crippen molar-refractivity contribution in [2.45, 2.75) is 25.0 Å². The summed E-state index contributed by atoms with van der Waals surface area (Å²) in [6, 6.07) is 11.8. The number of hydrogen-bond donors (Lipinski definition) is 1. The molecule has 1 aromatic heterocycles. The highest BCUT2D eigenvalue weighted by molar-refractivity contribution is 6.30. The van der Waals surface area contributed by atoms with Crippen LogP contribution in [0, 0.1) is 0 Å². The molecule has 0 radical (unpaired) electrons. The Labute approximate surface area is 152 Å². The Hall–Kier alpha value is -2.08. The van der Waals surface area contributed by atoms with E-state index in [4.69, 9.17) is 21.2 Å². The summed E-state index contributed by atoms with van der Waals surface area (Å²) < 4.78 is 5.77. The van der Waals surface area contributed by atoms with Gasteiger partial charge in [0.25, 0.3) is 0 Å². The van der Waals surface area contributed by atoms with E-state index in [1.54, 1.807) is 12.4 Å². The molecule has 0 amide bonds. The van der Waals surface area contributed by atoms with Crippen molar-refractivity contribution < 1.29 is 9.57 Å². The highest BCUT2D eigenvalue weighted by Gasteiger charge is 2.39. The zero-order valence-corrected chi connectivity index (χ0v) is 14.6. The van der Waals surface area contributed by atoms with Crippen molar-refractivity contribution in [1.82, 2.24) is 15.4 Å². The molecule has 3 heterocycles. The van der Waals surface area contributed by atoms with Crippen molar-refractivity contribution in [2.24, 2.45) is 0 Å². The summed E-state index contributed by atoms with van der Waals surface area (Å²) in [4.78, 5) is 12.3. The van der Waals surface area contributed by atoms with Crippen molar-refractivity contribution in [3.63, 3.8) is 0 Å². The molecule has 2 aliphatic heterocycles. The highest BCUT2D eigenvalue weighted by Crippen LogP contribution is 2.33. The summed E-state index contributed by atoms with van der Waals surface area (Å²) in [7, 11) is 0. The minimum Gasteiger partial charge on any atom is -0.438 e. The largest absolute Gasteiger partial charge is 0.438 e. The van der Waals surface area contributed by atoms with Gasteiger partial charge in [-0.15, -0.1) is 0 Å². The lowest BCUT2D eigenvalue weighted by Crippen LogP contribution is -2.44. The van der Waals surface area contributed by atoms with Crippen molar-refractivity contribution in [2.75, 3.05) is 13.1 Å². The zero-order valence-electron chi connectivity index (χ0n) is 13.8. The van der Waals surface area contributed by atoms with Gasteiger partial charge >= 0.3 is 0 Å². The summed E-state index contributed by atoms with van der Waals surface area (Å²) in [6.07, 6.45) is 7.31. The van der Waals surface area contributed by atoms with E-state index in [2.05, 4.69) is 33.6 Å². The second-order valence-electron chi connectivity index (χ2n) is 6.47. The standard InChI is InChI=1S/C19H20ClN3O2/c20-16-5-3-15(4-6-16)14-23-10-7-19(8-11-23)12-18(22-25-19)24-17-2-1-9-21-13-17/h1-6,9,12-13,22H,7-8,10-11,14H2. The fourth-order valence-corrected chi connectivity index (χ4v) is 3.34. The number of benzene rings is 1. The fraction of sp³-hybridized carbons (Fsp3) is 0.316. The lowest BCUT2D eigenvalue weighted by Gasteiger charge is -2.36. The highest BCUT2D eigenvalue weighted by atomic mass is 35.5. The predicted molar refractivity (Wildman–Crippen MR) is 95.9 cm³/mol. The first kappa shape index (κ1) is 16.4. The molecule has 5 nitrogen and oxygen atoms in total. The first-order valence-electron chi connectivity index (χ1n) is 8.42. The number of pyridine rings is 1. The number of piperidine rings is 1. The average Bonchev–Trinajstić information content (AvgIpc) is 3.02. The molecule has 0 aliphatic carbocycles. The predicted octanol–water partition coefficient (Wildman–Crippen LogP) is 3.52. The van der Waals surface area contributed by atoms with Crippen LogP contribution in [0.3, 0.4) is 0 Å². The van der Waals surface area contributed by atoms with Crippen LogP contribution < -0.4 is 10.2 Å². The molecule has 130 valence electrons. The van der Waals surface area contributed by atoms with Crippen LogP contribution in [0.4, 0.5) is 0 Å². The molecule has 6 heteroatoms. The van der Waals surface area contributed by atoms with Gasteiger partial charge in [0.15, 0.2) is 0 Å². The molecule has 25 heavy (non-hydrogen) atoms. The molecule has 0 atom stereocenters. The Morgan fingerprint density at radius 3 is 2.72 bits per heavy atom. The van der Waals surface area contributed by atoms with E-state index in [0.29, 0.717) is 11.6 Å². The Kier molecular flexibility index (Phi) is 4.61. The van der Waals surface area contributed by atoms with Crippen LogP contribution in [0.25, 0.3) is 0 Å². The maximum Gasteiger partial charge on any atom is 0.216 e. The Bertz CT molecular complexity index is 741. The van der Waals surface area contributed by atoms with E-state index in [1.807, 2.05) is 24.3 Å². The van der Waals surface area contributed by atoms with E-state index in [9.17, 15) is 0 Å². The maximum atomic E-state index is 5.95. The van der Waals surface area contributed by atoms with Gasteiger partial charge in [-0.05, 0) is 42.7 Å². The van der Waals surface area contributed by atoms with Gasteiger partial charge in [0.2, 0.25) is 5.88 Å². The Morgan fingerprint density at radius 2 is 2.00 bits per heavy atom. The van der Waals surface area contributed by atoms with Crippen LogP contribution >= 0.6 is 11.6 Å². The first-order chi connectivity index (χ1) is 12.2. The van der Waals surface area contributed by atoms with Gasteiger partial charge in [-0.2, -0.15) is 0 Å². The molecule has 4 rings (SSSR count). The molecule has 0 unspecified atom stereocenters. The molecule has 1 saturated heterocycles. The van der Waals surface area contributed by atoms with Crippen molar-refractivity contribution in [3.05, 3.63) is 71.3 Å². The number of rotatable bonds is 4. The van der Waals surface area contributed by atoms with Crippen LogP contribution in [-0.2, 0) is 11.4 Å². The third kappa shape index (κ3) is 3.95. The summed E-state index contributed by atoms with van der Waals surface area (Å²) in [5.41, 5.74) is 3.91. The van der Waals surface area contributed by atoms with E-state index >= 15 is 0 Å². The monoisotopic (exact) mass is 357 g/mol. The summed E-state index contributed by atoms with van der Waals surface area (Å²) in [5, 5.41) is 0.776.